The molecule has 0 bridgehead atoms. The van der Waals surface area contributed by atoms with Crippen molar-refractivity contribution in [3.8, 4) is 17.1 Å². The third-order valence-electron chi connectivity index (χ3n) is 3.46. The number of ether oxygens (including phenoxy) is 1. The molecule has 0 amide bonds. The number of hydrogen-bond acceptors (Lipinski definition) is 6. The van der Waals surface area contributed by atoms with Crippen molar-refractivity contribution in [3.05, 3.63) is 65.5 Å². The first kappa shape index (κ1) is 15.7. The molecule has 122 valence electrons. The molecular formula is C18H17N3O3. The van der Waals surface area contributed by atoms with Crippen molar-refractivity contribution < 1.29 is 14.1 Å². The SMILES string of the molecule is COc1ccc(-c2noc(CO/N=C\c3ccccc3C)n2)cc1. The van der Waals surface area contributed by atoms with E-state index < -0.39 is 0 Å². The Morgan fingerprint density at radius 2 is 1.92 bits per heavy atom. The number of nitrogens with zero attached hydrogens (tertiary/aromatic N) is 3. The van der Waals surface area contributed by atoms with Gasteiger partial charge in [-0.15, -0.1) is 0 Å². The largest absolute Gasteiger partial charge is 0.497 e. The van der Waals surface area contributed by atoms with E-state index in [-0.39, 0.29) is 6.61 Å². The fourth-order valence-corrected chi connectivity index (χ4v) is 2.09. The van der Waals surface area contributed by atoms with Crippen LogP contribution in [0, 0.1) is 6.92 Å². The molecule has 2 aromatic carbocycles. The molecule has 0 atom stereocenters. The molecule has 0 radical (unpaired) electrons. The molecule has 0 aliphatic rings. The van der Waals surface area contributed by atoms with Crippen LogP contribution in [0.2, 0.25) is 0 Å². The van der Waals surface area contributed by atoms with Crippen LogP contribution in [-0.2, 0) is 11.4 Å². The molecule has 0 unspecified atom stereocenters. The summed E-state index contributed by atoms with van der Waals surface area (Å²) >= 11 is 0. The Morgan fingerprint density at radius 3 is 2.67 bits per heavy atom. The van der Waals surface area contributed by atoms with Crippen LogP contribution < -0.4 is 4.74 Å². The van der Waals surface area contributed by atoms with Gasteiger partial charge in [-0.25, -0.2) is 0 Å². The van der Waals surface area contributed by atoms with Crippen LogP contribution >= 0.6 is 0 Å². The molecule has 1 aromatic heterocycles. The Labute approximate surface area is 139 Å². The van der Waals surface area contributed by atoms with Crippen LogP contribution in [0.4, 0.5) is 0 Å². The average Bonchev–Trinajstić information content (AvgIpc) is 3.09. The summed E-state index contributed by atoms with van der Waals surface area (Å²) in [5.41, 5.74) is 2.97. The van der Waals surface area contributed by atoms with E-state index in [0.29, 0.717) is 11.7 Å². The minimum atomic E-state index is 0.117. The van der Waals surface area contributed by atoms with E-state index in [1.165, 1.54) is 0 Å². The highest BCUT2D eigenvalue weighted by Crippen LogP contribution is 2.19. The molecular weight excluding hydrogens is 306 g/mol. The van der Waals surface area contributed by atoms with Gasteiger partial charge in [0, 0.05) is 5.56 Å². The zero-order chi connectivity index (χ0) is 16.8. The van der Waals surface area contributed by atoms with Gasteiger partial charge < -0.3 is 14.1 Å². The van der Waals surface area contributed by atoms with E-state index in [4.69, 9.17) is 14.1 Å². The number of aryl methyl sites for hydroxylation is 1. The van der Waals surface area contributed by atoms with Crippen molar-refractivity contribution in [3.63, 3.8) is 0 Å². The smallest absolute Gasteiger partial charge is 0.267 e. The van der Waals surface area contributed by atoms with Gasteiger partial charge in [-0.3, -0.25) is 0 Å². The highest BCUT2D eigenvalue weighted by Gasteiger charge is 2.09. The lowest BCUT2D eigenvalue weighted by atomic mass is 10.1. The summed E-state index contributed by atoms with van der Waals surface area (Å²) in [6, 6.07) is 15.3. The Balaban J connectivity index is 1.59. The van der Waals surface area contributed by atoms with Crippen LogP contribution in [0.5, 0.6) is 5.75 Å². The second-order valence-electron chi connectivity index (χ2n) is 5.10. The highest BCUT2D eigenvalue weighted by molar-refractivity contribution is 5.81. The van der Waals surface area contributed by atoms with Gasteiger partial charge in [-0.05, 0) is 42.3 Å². The molecule has 0 saturated carbocycles. The van der Waals surface area contributed by atoms with E-state index in [1.807, 2.05) is 55.5 Å². The fraction of sp³-hybridized carbons (Fsp3) is 0.167. The predicted octanol–water partition coefficient (Wildman–Crippen LogP) is 3.60. The minimum absolute atomic E-state index is 0.117. The molecule has 6 nitrogen and oxygen atoms in total. The topological polar surface area (TPSA) is 69.7 Å². The van der Waals surface area contributed by atoms with Crippen molar-refractivity contribution >= 4 is 6.21 Å². The predicted molar refractivity (Wildman–Crippen MR) is 89.8 cm³/mol. The number of rotatable bonds is 6. The summed E-state index contributed by atoms with van der Waals surface area (Å²) in [5, 5.41) is 7.87. The van der Waals surface area contributed by atoms with Crippen molar-refractivity contribution in [1.29, 1.82) is 0 Å². The highest BCUT2D eigenvalue weighted by atomic mass is 16.6. The maximum Gasteiger partial charge on any atom is 0.267 e. The third-order valence-corrected chi connectivity index (χ3v) is 3.46. The van der Waals surface area contributed by atoms with E-state index >= 15 is 0 Å². The third kappa shape index (κ3) is 3.78. The van der Waals surface area contributed by atoms with E-state index in [1.54, 1.807) is 13.3 Å². The molecule has 24 heavy (non-hydrogen) atoms. The molecule has 0 aliphatic carbocycles. The monoisotopic (exact) mass is 323 g/mol. The zero-order valence-corrected chi connectivity index (χ0v) is 13.5. The molecule has 1 heterocycles. The zero-order valence-electron chi connectivity index (χ0n) is 13.5. The van der Waals surface area contributed by atoms with Crippen molar-refractivity contribution in [2.75, 3.05) is 7.11 Å². The summed E-state index contributed by atoms with van der Waals surface area (Å²) in [6.07, 6.45) is 1.66. The van der Waals surface area contributed by atoms with Gasteiger partial charge in [-0.1, -0.05) is 34.6 Å². The van der Waals surface area contributed by atoms with Gasteiger partial charge in [0.05, 0.1) is 13.3 Å². The maximum absolute atomic E-state index is 5.22. The molecule has 0 aliphatic heterocycles. The second kappa shape index (κ2) is 7.41. The summed E-state index contributed by atoms with van der Waals surface area (Å²) in [7, 11) is 1.62. The number of hydrogen-bond donors (Lipinski definition) is 0. The molecule has 3 rings (SSSR count). The molecule has 6 heteroatoms. The molecule has 0 fully saturated rings. The van der Waals surface area contributed by atoms with Gasteiger partial charge >= 0.3 is 0 Å². The molecule has 3 aromatic rings. The number of oxime groups is 1. The van der Waals surface area contributed by atoms with E-state index in [0.717, 1.165) is 22.4 Å². The summed E-state index contributed by atoms with van der Waals surface area (Å²) in [5.74, 6) is 1.64. The Kier molecular flexibility index (Phi) is 4.86. The maximum atomic E-state index is 5.22. The quantitative estimate of drug-likeness (QED) is 0.512. The molecule has 0 saturated heterocycles. The standard InChI is InChI=1S/C18H17N3O3/c1-13-5-3-4-6-15(13)11-19-23-12-17-20-18(21-24-17)14-7-9-16(22-2)10-8-14/h3-11H,12H2,1-2H3/b19-11-. The number of benzene rings is 2. The van der Waals surface area contributed by atoms with Gasteiger partial charge in [0.1, 0.15) is 5.75 Å². The minimum Gasteiger partial charge on any atom is -0.497 e. The first-order chi connectivity index (χ1) is 11.8. The van der Waals surface area contributed by atoms with Gasteiger partial charge in [0.15, 0.2) is 6.61 Å². The van der Waals surface area contributed by atoms with Crippen LogP contribution in [0.15, 0.2) is 58.2 Å². The van der Waals surface area contributed by atoms with Gasteiger partial charge in [-0.2, -0.15) is 4.98 Å². The first-order valence-electron chi connectivity index (χ1n) is 7.44. The summed E-state index contributed by atoms with van der Waals surface area (Å²) in [6.45, 7) is 2.13. The normalized spacial score (nSPS) is 10.9. The van der Waals surface area contributed by atoms with E-state index in [2.05, 4.69) is 15.3 Å². The summed E-state index contributed by atoms with van der Waals surface area (Å²) in [4.78, 5) is 9.50. The van der Waals surface area contributed by atoms with Crippen LogP contribution in [-0.4, -0.2) is 23.5 Å². The Morgan fingerprint density at radius 1 is 1.12 bits per heavy atom. The number of aromatic nitrogens is 2. The van der Waals surface area contributed by atoms with Crippen molar-refractivity contribution in [2.24, 2.45) is 5.16 Å². The van der Waals surface area contributed by atoms with Gasteiger partial charge in [0.2, 0.25) is 5.82 Å². The van der Waals surface area contributed by atoms with Crippen LogP contribution in [0.25, 0.3) is 11.4 Å². The molecule has 0 N–H and O–H groups in total. The lowest BCUT2D eigenvalue weighted by Gasteiger charge is -1.99. The lowest BCUT2D eigenvalue weighted by Crippen LogP contribution is -1.90. The number of methoxy groups -OCH3 is 1. The Hall–Kier alpha value is -3.15. The fourth-order valence-electron chi connectivity index (χ4n) is 2.09. The van der Waals surface area contributed by atoms with E-state index in [9.17, 15) is 0 Å². The molecule has 0 spiro atoms. The lowest BCUT2D eigenvalue weighted by molar-refractivity contribution is 0.107. The van der Waals surface area contributed by atoms with Crippen molar-refractivity contribution in [1.82, 2.24) is 10.1 Å². The second-order valence-corrected chi connectivity index (χ2v) is 5.10. The Bertz CT molecular complexity index is 826. The van der Waals surface area contributed by atoms with Gasteiger partial charge in [0.25, 0.3) is 5.89 Å². The average molecular weight is 323 g/mol. The van der Waals surface area contributed by atoms with Crippen molar-refractivity contribution in [2.45, 2.75) is 13.5 Å². The first-order valence-corrected chi connectivity index (χ1v) is 7.44. The van der Waals surface area contributed by atoms with Crippen LogP contribution in [0.3, 0.4) is 0 Å². The van der Waals surface area contributed by atoms with Crippen LogP contribution in [0.1, 0.15) is 17.0 Å². The summed E-state index contributed by atoms with van der Waals surface area (Å²) < 4.78 is 10.3.